The molecule has 0 saturated heterocycles. The monoisotopic (exact) mass is 367 g/mol. The van der Waals surface area contributed by atoms with Crippen LogP contribution in [0.2, 0.25) is 10.2 Å². The topological polar surface area (TPSA) is 80.3 Å². The van der Waals surface area contributed by atoms with Gasteiger partial charge in [-0.05, 0) is 37.3 Å². The number of anilines is 1. The van der Waals surface area contributed by atoms with E-state index in [1.165, 1.54) is 12.3 Å². The van der Waals surface area contributed by atoms with E-state index in [-0.39, 0.29) is 28.6 Å². The van der Waals surface area contributed by atoms with Gasteiger partial charge in [0.2, 0.25) is 0 Å². The zero-order chi connectivity index (χ0) is 17.5. The van der Waals surface area contributed by atoms with Gasteiger partial charge >= 0.3 is 0 Å². The zero-order valence-electron chi connectivity index (χ0n) is 12.8. The Kier molecular flexibility index (Phi) is 6.40. The maximum atomic E-state index is 12.1. The van der Waals surface area contributed by atoms with E-state index in [2.05, 4.69) is 15.6 Å². The summed E-state index contributed by atoms with van der Waals surface area (Å²) >= 11 is 11.6. The minimum atomic E-state index is -0.364. The number of carbonyl (C=O) groups excluding carboxylic acids is 2. The lowest BCUT2D eigenvalue weighted by Gasteiger charge is -2.08. The molecule has 0 fully saturated rings. The average molecular weight is 368 g/mol. The molecule has 0 aliphatic rings. The highest BCUT2D eigenvalue weighted by Gasteiger charge is 2.09. The van der Waals surface area contributed by atoms with Gasteiger partial charge in [0.25, 0.3) is 11.8 Å². The van der Waals surface area contributed by atoms with Gasteiger partial charge in [0.05, 0.1) is 10.6 Å². The van der Waals surface area contributed by atoms with Crippen molar-refractivity contribution in [3.8, 4) is 5.75 Å². The van der Waals surface area contributed by atoms with Crippen LogP contribution in [-0.4, -0.2) is 29.9 Å². The Morgan fingerprint density at radius 3 is 2.54 bits per heavy atom. The number of benzene rings is 1. The molecule has 0 aliphatic carbocycles. The van der Waals surface area contributed by atoms with Crippen LogP contribution in [0.15, 0.2) is 36.5 Å². The van der Waals surface area contributed by atoms with Gasteiger partial charge in [-0.15, -0.1) is 0 Å². The molecule has 1 aromatic carbocycles. The first-order valence-corrected chi connectivity index (χ1v) is 7.87. The first-order valence-electron chi connectivity index (χ1n) is 7.11. The molecule has 0 aliphatic heterocycles. The molecule has 1 aromatic heterocycles. The van der Waals surface area contributed by atoms with Crippen LogP contribution >= 0.6 is 23.2 Å². The molecule has 0 radical (unpaired) electrons. The minimum Gasteiger partial charge on any atom is -0.484 e. The van der Waals surface area contributed by atoms with Gasteiger partial charge in [-0.2, -0.15) is 0 Å². The predicted octanol–water partition coefficient (Wildman–Crippen LogP) is 3.16. The number of aromatic nitrogens is 1. The van der Waals surface area contributed by atoms with Crippen molar-refractivity contribution in [3.05, 3.63) is 52.3 Å². The van der Waals surface area contributed by atoms with Crippen LogP contribution in [0.5, 0.6) is 5.75 Å². The Labute approximate surface area is 149 Å². The van der Waals surface area contributed by atoms with Crippen LogP contribution in [0.4, 0.5) is 5.69 Å². The van der Waals surface area contributed by atoms with E-state index in [0.29, 0.717) is 23.5 Å². The molecule has 6 nitrogen and oxygen atoms in total. The maximum Gasteiger partial charge on any atom is 0.257 e. The number of hydrogen-bond acceptors (Lipinski definition) is 4. The van der Waals surface area contributed by atoms with Crippen LogP contribution in [-0.2, 0) is 4.79 Å². The Morgan fingerprint density at radius 2 is 1.92 bits per heavy atom. The molecule has 2 rings (SSSR count). The van der Waals surface area contributed by atoms with Gasteiger partial charge in [0.15, 0.2) is 6.61 Å². The number of rotatable bonds is 6. The zero-order valence-corrected chi connectivity index (χ0v) is 14.3. The summed E-state index contributed by atoms with van der Waals surface area (Å²) in [4.78, 5) is 27.3. The van der Waals surface area contributed by atoms with E-state index < -0.39 is 0 Å². The molecule has 126 valence electrons. The normalized spacial score (nSPS) is 10.1. The summed E-state index contributed by atoms with van der Waals surface area (Å²) in [5.41, 5.74) is 0.859. The Hall–Kier alpha value is -2.31. The summed E-state index contributed by atoms with van der Waals surface area (Å²) in [5, 5.41) is 5.68. The molecule has 2 N–H and O–H groups in total. The second-order valence-corrected chi connectivity index (χ2v) is 5.48. The number of pyridine rings is 1. The van der Waals surface area contributed by atoms with Crippen LogP contribution < -0.4 is 15.4 Å². The summed E-state index contributed by atoms with van der Waals surface area (Å²) in [5.74, 6) is -0.0329. The Morgan fingerprint density at radius 1 is 1.21 bits per heavy atom. The first kappa shape index (κ1) is 18.0. The smallest absolute Gasteiger partial charge is 0.257 e. The van der Waals surface area contributed by atoms with Crippen molar-refractivity contribution in [1.82, 2.24) is 10.3 Å². The molecule has 24 heavy (non-hydrogen) atoms. The van der Waals surface area contributed by atoms with E-state index in [9.17, 15) is 9.59 Å². The molecular weight excluding hydrogens is 353 g/mol. The molecule has 0 unspecified atom stereocenters. The number of likely N-dealkylation sites (N-methyl/N-ethyl adjacent to an activating group) is 1. The third-order valence-corrected chi connectivity index (χ3v) is 3.60. The molecule has 0 spiro atoms. The van der Waals surface area contributed by atoms with Crippen molar-refractivity contribution in [2.45, 2.75) is 6.92 Å². The lowest BCUT2D eigenvalue weighted by molar-refractivity contribution is -0.122. The number of nitrogens with one attached hydrogen (secondary N) is 2. The fourth-order valence-electron chi connectivity index (χ4n) is 1.78. The highest BCUT2D eigenvalue weighted by atomic mass is 35.5. The summed E-state index contributed by atoms with van der Waals surface area (Å²) < 4.78 is 5.33. The molecule has 2 amide bonds. The lowest BCUT2D eigenvalue weighted by Crippen LogP contribution is -2.28. The number of carbonyl (C=O) groups is 2. The van der Waals surface area contributed by atoms with Gasteiger partial charge in [-0.3, -0.25) is 9.59 Å². The molecule has 2 aromatic rings. The van der Waals surface area contributed by atoms with Crippen molar-refractivity contribution in [2.24, 2.45) is 0 Å². The average Bonchev–Trinajstić information content (AvgIpc) is 2.57. The van der Waals surface area contributed by atoms with Crippen molar-refractivity contribution < 1.29 is 14.3 Å². The molecule has 8 heteroatoms. The standard InChI is InChI=1S/C16H15Cl2N3O3/c1-2-19-14(22)9-24-12-5-3-11(4-6-12)21-16(23)10-7-13(17)15(18)20-8-10/h3-8H,2,9H2,1H3,(H,19,22)(H,21,23). The Bertz CT molecular complexity index is 736. The quantitative estimate of drug-likeness (QED) is 0.768. The molecule has 0 saturated carbocycles. The fraction of sp³-hybridized carbons (Fsp3) is 0.188. The second kappa shape index (κ2) is 8.52. The fourth-order valence-corrected chi connectivity index (χ4v) is 2.05. The summed E-state index contributed by atoms with van der Waals surface area (Å²) in [6, 6.07) is 8.08. The predicted molar refractivity (Wildman–Crippen MR) is 92.8 cm³/mol. The van der Waals surface area contributed by atoms with Crippen LogP contribution in [0.3, 0.4) is 0 Å². The number of halogens is 2. The number of amides is 2. The second-order valence-electron chi connectivity index (χ2n) is 4.72. The summed E-state index contributed by atoms with van der Waals surface area (Å²) in [6.07, 6.45) is 1.34. The summed E-state index contributed by atoms with van der Waals surface area (Å²) in [6.45, 7) is 2.32. The molecule has 1 heterocycles. The third-order valence-electron chi connectivity index (χ3n) is 2.91. The van der Waals surface area contributed by atoms with E-state index >= 15 is 0 Å². The van der Waals surface area contributed by atoms with Crippen LogP contribution in [0, 0.1) is 0 Å². The highest BCUT2D eigenvalue weighted by Crippen LogP contribution is 2.21. The van der Waals surface area contributed by atoms with Gasteiger partial charge in [0, 0.05) is 18.4 Å². The van der Waals surface area contributed by atoms with Crippen LogP contribution in [0.1, 0.15) is 17.3 Å². The van der Waals surface area contributed by atoms with Crippen molar-refractivity contribution in [1.29, 1.82) is 0 Å². The number of hydrogen-bond donors (Lipinski definition) is 2. The molecule has 0 bridgehead atoms. The van der Waals surface area contributed by atoms with Crippen molar-refractivity contribution in [2.75, 3.05) is 18.5 Å². The molecule has 0 atom stereocenters. The van der Waals surface area contributed by atoms with E-state index in [1.54, 1.807) is 24.3 Å². The number of ether oxygens (including phenoxy) is 1. The first-order chi connectivity index (χ1) is 11.5. The van der Waals surface area contributed by atoms with Gasteiger partial charge in [0.1, 0.15) is 10.9 Å². The van der Waals surface area contributed by atoms with Crippen molar-refractivity contribution >= 4 is 40.7 Å². The highest BCUT2D eigenvalue weighted by molar-refractivity contribution is 6.41. The van der Waals surface area contributed by atoms with E-state index in [1.807, 2.05) is 6.92 Å². The minimum absolute atomic E-state index is 0.0610. The van der Waals surface area contributed by atoms with Crippen LogP contribution in [0.25, 0.3) is 0 Å². The Balaban J connectivity index is 1.94. The molecular formula is C16H15Cl2N3O3. The lowest BCUT2D eigenvalue weighted by atomic mass is 10.2. The number of nitrogens with zero attached hydrogens (tertiary/aromatic N) is 1. The van der Waals surface area contributed by atoms with Crippen molar-refractivity contribution in [3.63, 3.8) is 0 Å². The van der Waals surface area contributed by atoms with Gasteiger partial charge in [-0.25, -0.2) is 4.98 Å². The van der Waals surface area contributed by atoms with Gasteiger partial charge < -0.3 is 15.4 Å². The van der Waals surface area contributed by atoms with E-state index in [4.69, 9.17) is 27.9 Å². The van der Waals surface area contributed by atoms with E-state index in [0.717, 1.165) is 0 Å². The largest absolute Gasteiger partial charge is 0.484 e. The SMILES string of the molecule is CCNC(=O)COc1ccc(NC(=O)c2cnc(Cl)c(Cl)c2)cc1. The summed E-state index contributed by atoms with van der Waals surface area (Å²) in [7, 11) is 0. The maximum absolute atomic E-state index is 12.1. The van der Waals surface area contributed by atoms with Gasteiger partial charge in [-0.1, -0.05) is 23.2 Å². The third kappa shape index (κ3) is 5.11.